The van der Waals surface area contributed by atoms with Crippen LogP contribution in [0.1, 0.15) is 34.1 Å². The molecule has 0 saturated carbocycles. The lowest BCUT2D eigenvalue weighted by atomic mass is 9.78. The molecule has 0 spiro atoms. The summed E-state index contributed by atoms with van der Waals surface area (Å²) >= 11 is 0. The van der Waals surface area contributed by atoms with Crippen LogP contribution in [0.15, 0.2) is 12.1 Å². The zero-order valence-electron chi connectivity index (χ0n) is 11.8. The summed E-state index contributed by atoms with van der Waals surface area (Å²) < 4.78 is 0. The minimum atomic E-state index is -0.0897. The number of hydrogen-bond donors (Lipinski definition) is 2. The van der Waals surface area contributed by atoms with E-state index in [0.717, 1.165) is 44.5 Å². The first-order chi connectivity index (χ1) is 9.73. The number of piperidine rings is 1. The molecule has 0 aromatic carbocycles. The van der Waals surface area contributed by atoms with Gasteiger partial charge in [-0.1, -0.05) is 12.9 Å². The maximum Gasteiger partial charge on any atom is 0.201 e. The van der Waals surface area contributed by atoms with Crippen LogP contribution in [-0.2, 0) is 6.61 Å². The molecule has 108 valence electrons. The Kier molecular flexibility index (Phi) is 5.28. The van der Waals surface area contributed by atoms with Crippen molar-refractivity contribution in [2.75, 3.05) is 19.7 Å². The largest absolute Gasteiger partial charge is 0.396 e. The molecule has 2 heterocycles. The Balaban J connectivity index is 2.31. The van der Waals surface area contributed by atoms with Crippen molar-refractivity contribution < 1.29 is 15.0 Å². The van der Waals surface area contributed by atoms with Gasteiger partial charge in [0.2, 0.25) is 7.41 Å². The molecule has 1 aliphatic heterocycles. The Labute approximate surface area is 119 Å². The van der Waals surface area contributed by atoms with Crippen LogP contribution in [0.4, 0.5) is 0 Å². The summed E-state index contributed by atoms with van der Waals surface area (Å²) in [6.45, 7) is 3.90. The predicted octanol–water partition coefficient (Wildman–Crippen LogP) is 0.184. The molecular weight excluding hydrogens is 255 g/mol. The lowest BCUT2D eigenvalue weighted by Crippen LogP contribution is -2.42. The first-order valence-corrected chi connectivity index (χ1v) is 7.12. The van der Waals surface area contributed by atoms with Gasteiger partial charge < -0.3 is 15.0 Å². The fourth-order valence-corrected chi connectivity index (χ4v) is 2.98. The van der Waals surface area contributed by atoms with Gasteiger partial charge in [-0.15, -0.1) is 0 Å². The molecule has 0 aliphatic carbocycles. The van der Waals surface area contributed by atoms with Crippen LogP contribution < -0.4 is 0 Å². The van der Waals surface area contributed by atoms with Gasteiger partial charge in [-0.3, -0.25) is 4.79 Å². The number of aliphatic hydroxyl groups is 2. The number of nitrogens with zero attached hydrogens (tertiary/aromatic N) is 2. The number of aldehydes is 1. The molecule has 0 bridgehead atoms. The summed E-state index contributed by atoms with van der Waals surface area (Å²) in [5, 5.41) is 19.1. The summed E-state index contributed by atoms with van der Waals surface area (Å²) in [5.41, 5.74) is 1.91. The number of aromatic nitrogens is 1. The first kappa shape index (κ1) is 15.2. The molecule has 6 heteroatoms. The van der Waals surface area contributed by atoms with Gasteiger partial charge in [-0.05, 0) is 31.1 Å². The van der Waals surface area contributed by atoms with Crippen LogP contribution in [0.5, 0.6) is 0 Å². The van der Waals surface area contributed by atoms with Crippen molar-refractivity contribution in [3.8, 4) is 0 Å². The topological polar surface area (TPSA) is 73.7 Å². The highest BCUT2D eigenvalue weighted by Crippen LogP contribution is 2.33. The summed E-state index contributed by atoms with van der Waals surface area (Å²) in [6.07, 6.45) is 1.61. The lowest BCUT2D eigenvalue weighted by molar-refractivity contribution is 0.111. The standard InChI is InChI=1S/C14H21BN2O3/c1-15-17-5-4-13(11(6-17)8-19)14-10(7-18)2-3-12(9-20)16-14/h2-3,9,11,13,15,18-19H,4-8H2,1H3. The monoisotopic (exact) mass is 276 g/mol. The molecule has 2 unspecified atom stereocenters. The molecule has 0 amide bonds. The van der Waals surface area contributed by atoms with Gasteiger partial charge in [-0.25, -0.2) is 4.98 Å². The van der Waals surface area contributed by atoms with Gasteiger partial charge in [0.15, 0.2) is 6.29 Å². The average Bonchev–Trinajstić information content (AvgIpc) is 2.53. The Bertz CT molecular complexity index is 470. The molecule has 2 rings (SSSR count). The zero-order chi connectivity index (χ0) is 14.5. The molecule has 1 aromatic rings. The Morgan fingerprint density at radius 1 is 1.50 bits per heavy atom. The van der Waals surface area contributed by atoms with E-state index in [-0.39, 0.29) is 25.0 Å². The van der Waals surface area contributed by atoms with E-state index >= 15 is 0 Å². The number of carbonyl (C=O) groups excluding carboxylic acids is 1. The van der Waals surface area contributed by atoms with Crippen molar-refractivity contribution in [1.29, 1.82) is 0 Å². The third-order valence-corrected chi connectivity index (χ3v) is 4.18. The van der Waals surface area contributed by atoms with Crippen LogP contribution >= 0.6 is 0 Å². The minimum absolute atomic E-state index is 0.0897. The predicted molar refractivity (Wildman–Crippen MR) is 78.1 cm³/mol. The molecule has 20 heavy (non-hydrogen) atoms. The van der Waals surface area contributed by atoms with Gasteiger partial charge in [0.05, 0.1) is 12.3 Å². The second kappa shape index (κ2) is 6.97. The fraction of sp³-hybridized carbons (Fsp3) is 0.571. The van der Waals surface area contributed by atoms with Crippen LogP contribution in [0.3, 0.4) is 0 Å². The van der Waals surface area contributed by atoms with E-state index < -0.39 is 0 Å². The van der Waals surface area contributed by atoms with Gasteiger partial charge in [0, 0.05) is 18.4 Å². The highest BCUT2D eigenvalue weighted by Gasteiger charge is 2.31. The summed E-state index contributed by atoms with van der Waals surface area (Å²) in [4.78, 5) is 17.6. The Morgan fingerprint density at radius 3 is 2.90 bits per heavy atom. The molecule has 5 nitrogen and oxygen atoms in total. The van der Waals surface area contributed by atoms with Crippen molar-refractivity contribution >= 4 is 13.7 Å². The molecule has 1 aromatic heterocycles. The highest BCUT2D eigenvalue weighted by atomic mass is 16.3. The smallest absolute Gasteiger partial charge is 0.201 e. The summed E-state index contributed by atoms with van der Waals surface area (Å²) in [7, 11) is 0.970. The van der Waals surface area contributed by atoms with Gasteiger partial charge in [0.25, 0.3) is 0 Å². The molecule has 2 atom stereocenters. The van der Waals surface area contributed by atoms with E-state index in [1.165, 1.54) is 0 Å². The van der Waals surface area contributed by atoms with E-state index in [2.05, 4.69) is 16.6 Å². The van der Waals surface area contributed by atoms with Crippen molar-refractivity contribution in [1.82, 2.24) is 9.79 Å². The summed E-state index contributed by atoms with van der Waals surface area (Å²) in [6, 6.07) is 3.38. The van der Waals surface area contributed by atoms with Crippen LogP contribution in [0.25, 0.3) is 0 Å². The maximum atomic E-state index is 10.9. The molecule has 1 saturated heterocycles. The molecule has 1 fully saturated rings. The molecular formula is C14H21BN2O3. The Morgan fingerprint density at radius 2 is 2.30 bits per heavy atom. The van der Waals surface area contributed by atoms with Crippen LogP contribution in [-0.4, -0.2) is 53.4 Å². The fourth-order valence-electron chi connectivity index (χ4n) is 2.98. The van der Waals surface area contributed by atoms with Gasteiger partial charge >= 0.3 is 0 Å². The highest BCUT2D eigenvalue weighted by molar-refractivity contribution is 6.29. The second-order valence-corrected chi connectivity index (χ2v) is 5.29. The van der Waals surface area contributed by atoms with Crippen molar-refractivity contribution in [3.63, 3.8) is 0 Å². The molecule has 1 aliphatic rings. The Hall–Kier alpha value is -1.24. The SMILES string of the molecule is CBN1CCC(c2nc(C=O)ccc2CO)C(CO)C1. The van der Waals surface area contributed by atoms with E-state index in [1.807, 2.05) is 0 Å². The average molecular weight is 276 g/mol. The van der Waals surface area contributed by atoms with E-state index in [4.69, 9.17) is 0 Å². The molecule has 2 N–H and O–H groups in total. The number of rotatable bonds is 5. The number of carbonyl (C=O) groups is 1. The lowest BCUT2D eigenvalue weighted by Gasteiger charge is -2.37. The van der Waals surface area contributed by atoms with Crippen LogP contribution in [0, 0.1) is 5.92 Å². The minimum Gasteiger partial charge on any atom is -0.396 e. The van der Waals surface area contributed by atoms with E-state index in [9.17, 15) is 15.0 Å². The maximum absolute atomic E-state index is 10.9. The van der Waals surface area contributed by atoms with E-state index in [1.54, 1.807) is 12.1 Å². The third kappa shape index (κ3) is 3.08. The second-order valence-electron chi connectivity index (χ2n) is 5.29. The van der Waals surface area contributed by atoms with Gasteiger partial charge in [0.1, 0.15) is 5.69 Å². The third-order valence-electron chi connectivity index (χ3n) is 4.18. The number of hydrogen-bond acceptors (Lipinski definition) is 5. The normalized spacial score (nSPS) is 23.6. The van der Waals surface area contributed by atoms with Gasteiger partial charge in [-0.2, -0.15) is 0 Å². The van der Waals surface area contributed by atoms with Crippen molar-refractivity contribution in [2.24, 2.45) is 5.92 Å². The van der Waals surface area contributed by atoms with Crippen molar-refractivity contribution in [2.45, 2.75) is 25.8 Å². The van der Waals surface area contributed by atoms with E-state index in [0.29, 0.717) is 5.69 Å². The number of pyridine rings is 1. The zero-order valence-corrected chi connectivity index (χ0v) is 11.8. The quantitative estimate of drug-likeness (QED) is 0.593. The molecule has 0 radical (unpaired) electrons. The van der Waals surface area contributed by atoms with Crippen LogP contribution in [0.2, 0.25) is 6.82 Å². The van der Waals surface area contributed by atoms with Crippen molar-refractivity contribution in [3.05, 3.63) is 29.1 Å². The summed E-state index contributed by atoms with van der Waals surface area (Å²) in [5.74, 6) is 0.202. The number of aliphatic hydroxyl groups excluding tert-OH is 2. The first-order valence-electron chi connectivity index (χ1n) is 7.12.